The minimum absolute atomic E-state index is 0.0824. The first-order valence-corrected chi connectivity index (χ1v) is 6.98. The molecule has 1 unspecified atom stereocenters. The number of benzene rings is 2. The Kier molecular flexibility index (Phi) is 3.77. The lowest BCUT2D eigenvalue weighted by Crippen LogP contribution is -2.24. The standard InChI is InChI=1S/C17H18N2O2/c1-12-4-2-3-5-16(12)13-6-8-14(9-7-13)20-11-15-10-19-17(18)21-15/h2-9,15H,10-11H2,1H3,(H2,18,19). The van der Waals surface area contributed by atoms with Crippen molar-refractivity contribution in [3.8, 4) is 16.9 Å². The lowest BCUT2D eigenvalue weighted by molar-refractivity contribution is 0.141. The van der Waals surface area contributed by atoms with Gasteiger partial charge in [-0.3, -0.25) is 0 Å². The zero-order chi connectivity index (χ0) is 14.7. The van der Waals surface area contributed by atoms with E-state index in [2.05, 4.69) is 42.2 Å². The highest BCUT2D eigenvalue weighted by molar-refractivity contribution is 5.73. The third-order valence-corrected chi connectivity index (χ3v) is 3.48. The van der Waals surface area contributed by atoms with Crippen molar-refractivity contribution in [2.24, 2.45) is 10.7 Å². The quantitative estimate of drug-likeness (QED) is 0.938. The van der Waals surface area contributed by atoms with Gasteiger partial charge in [-0.1, -0.05) is 36.4 Å². The van der Waals surface area contributed by atoms with Gasteiger partial charge in [-0.25, -0.2) is 4.99 Å². The van der Waals surface area contributed by atoms with Crippen LogP contribution in [0.15, 0.2) is 53.5 Å². The molecular weight excluding hydrogens is 264 g/mol. The fourth-order valence-electron chi connectivity index (χ4n) is 2.34. The lowest BCUT2D eigenvalue weighted by atomic mass is 10.0. The van der Waals surface area contributed by atoms with Crippen LogP contribution in [0.2, 0.25) is 0 Å². The summed E-state index contributed by atoms with van der Waals surface area (Å²) in [5, 5.41) is 0. The molecule has 0 bridgehead atoms. The van der Waals surface area contributed by atoms with Gasteiger partial charge in [0.15, 0.2) is 6.10 Å². The molecule has 0 radical (unpaired) electrons. The van der Waals surface area contributed by atoms with Crippen LogP contribution in [0, 0.1) is 6.92 Å². The van der Waals surface area contributed by atoms with E-state index < -0.39 is 0 Å². The monoisotopic (exact) mass is 282 g/mol. The molecule has 0 aromatic heterocycles. The van der Waals surface area contributed by atoms with E-state index in [1.165, 1.54) is 16.7 Å². The van der Waals surface area contributed by atoms with Crippen molar-refractivity contribution in [1.82, 2.24) is 0 Å². The van der Waals surface area contributed by atoms with Gasteiger partial charge >= 0.3 is 0 Å². The van der Waals surface area contributed by atoms with Crippen molar-refractivity contribution >= 4 is 6.02 Å². The fraction of sp³-hybridized carbons (Fsp3) is 0.235. The largest absolute Gasteiger partial charge is 0.490 e. The molecule has 1 aliphatic heterocycles. The molecule has 4 heteroatoms. The topological polar surface area (TPSA) is 56.8 Å². The summed E-state index contributed by atoms with van der Waals surface area (Å²) in [5.41, 5.74) is 9.15. The molecule has 0 aliphatic carbocycles. The van der Waals surface area contributed by atoms with E-state index in [9.17, 15) is 0 Å². The number of rotatable bonds is 4. The summed E-state index contributed by atoms with van der Waals surface area (Å²) >= 11 is 0. The van der Waals surface area contributed by atoms with E-state index in [0.29, 0.717) is 13.2 Å². The van der Waals surface area contributed by atoms with Crippen LogP contribution in [0.3, 0.4) is 0 Å². The highest BCUT2D eigenvalue weighted by Gasteiger charge is 2.18. The molecule has 21 heavy (non-hydrogen) atoms. The molecular formula is C17H18N2O2. The van der Waals surface area contributed by atoms with Crippen molar-refractivity contribution in [2.45, 2.75) is 13.0 Å². The van der Waals surface area contributed by atoms with Crippen LogP contribution in [0.25, 0.3) is 11.1 Å². The van der Waals surface area contributed by atoms with Gasteiger partial charge < -0.3 is 15.2 Å². The zero-order valence-corrected chi connectivity index (χ0v) is 12.0. The second kappa shape index (κ2) is 5.87. The molecule has 0 amide bonds. The average Bonchev–Trinajstić information content (AvgIpc) is 2.92. The maximum atomic E-state index is 5.71. The van der Waals surface area contributed by atoms with Gasteiger partial charge in [0.2, 0.25) is 0 Å². The molecule has 108 valence electrons. The Morgan fingerprint density at radius 1 is 1.19 bits per heavy atom. The van der Waals surface area contributed by atoms with E-state index in [-0.39, 0.29) is 12.1 Å². The maximum absolute atomic E-state index is 5.71. The number of aliphatic imine (C=N–C) groups is 1. The van der Waals surface area contributed by atoms with E-state index in [1.54, 1.807) is 0 Å². The highest BCUT2D eigenvalue weighted by Crippen LogP contribution is 2.25. The van der Waals surface area contributed by atoms with Gasteiger partial charge in [0, 0.05) is 0 Å². The molecule has 0 saturated carbocycles. The molecule has 3 rings (SSSR count). The van der Waals surface area contributed by atoms with Crippen LogP contribution in [-0.2, 0) is 4.74 Å². The number of hydrogen-bond acceptors (Lipinski definition) is 4. The molecule has 4 nitrogen and oxygen atoms in total. The first-order valence-electron chi connectivity index (χ1n) is 6.98. The van der Waals surface area contributed by atoms with Crippen molar-refractivity contribution in [2.75, 3.05) is 13.2 Å². The van der Waals surface area contributed by atoms with Crippen LogP contribution in [-0.4, -0.2) is 25.3 Å². The zero-order valence-electron chi connectivity index (χ0n) is 12.0. The second-order valence-corrected chi connectivity index (χ2v) is 5.07. The minimum atomic E-state index is -0.0824. The molecule has 2 N–H and O–H groups in total. The van der Waals surface area contributed by atoms with Gasteiger partial charge in [-0.15, -0.1) is 0 Å². The molecule has 1 atom stereocenters. The summed E-state index contributed by atoms with van der Waals surface area (Å²) in [4.78, 5) is 3.99. The van der Waals surface area contributed by atoms with Gasteiger partial charge in [-0.05, 0) is 35.7 Å². The molecule has 2 aromatic carbocycles. The Morgan fingerprint density at radius 3 is 2.62 bits per heavy atom. The van der Waals surface area contributed by atoms with Gasteiger partial charge in [0.1, 0.15) is 12.4 Å². The van der Waals surface area contributed by atoms with Crippen LogP contribution < -0.4 is 10.5 Å². The molecule has 2 aromatic rings. The Bertz CT molecular complexity index is 650. The van der Waals surface area contributed by atoms with Crippen molar-refractivity contribution < 1.29 is 9.47 Å². The van der Waals surface area contributed by atoms with Crippen LogP contribution in [0.5, 0.6) is 5.75 Å². The summed E-state index contributed by atoms with van der Waals surface area (Å²) < 4.78 is 11.0. The minimum Gasteiger partial charge on any atom is -0.490 e. The van der Waals surface area contributed by atoms with Crippen LogP contribution >= 0.6 is 0 Å². The predicted molar refractivity (Wildman–Crippen MR) is 83.5 cm³/mol. The molecule has 1 heterocycles. The van der Waals surface area contributed by atoms with Crippen LogP contribution in [0.1, 0.15) is 5.56 Å². The Morgan fingerprint density at radius 2 is 1.95 bits per heavy atom. The molecule has 0 saturated heterocycles. The maximum Gasteiger partial charge on any atom is 0.282 e. The van der Waals surface area contributed by atoms with E-state index in [4.69, 9.17) is 15.2 Å². The lowest BCUT2D eigenvalue weighted by Gasteiger charge is -2.12. The SMILES string of the molecule is Cc1ccccc1-c1ccc(OCC2CN=C(N)O2)cc1. The van der Waals surface area contributed by atoms with E-state index in [0.717, 1.165) is 5.75 Å². The number of ether oxygens (including phenoxy) is 2. The van der Waals surface area contributed by atoms with Crippen LogP contribution in [0.4, 0.5) is 0 Å². The fourth-order valence-corrected chi connectivity index (χ4v) is 2.34. The number of nitrogens with two attached hydrogens (primary N) is 1. The average molecular weight is 282 g/mol. The second-order valence-electron chi connectivity index (χ2n) is 5.07. The normalized spacial score (nSPS) is 17.2. The third-order valence-electron chi connectivity index (χ3n) is 3.48. The summed E-state index contributed by atoms with van der Waals surface area (Å²) in [6, 6.07) is 16.7. The first kappa shape index (κ1) is 13.5. The van der Waals surface area contributed by atoms with E-state index in [1.807, 2.05) is 18.2 Å². The molecule has 0 spiro atoms. The van der Waals surface area contributed by atoms with E-state index >= 15 is 0 Å². The van der Waals surface area contributed by atoms with Crippen molar-refractivity contribution in [3.05, 3.63) is 54.1 Å². The summed E-state index contributed by atoms with van der Waals surface area (Å²) in [6.07, 6.45) is -0.0824. The Hall–Kier alpha value is -2.49. The molecule has 1 aliphatic rings. The number of aryl methyl sites for hydroxylation is 1. The van der Waals surface area contributed by atoms with Gasteiger partial charge in [0.05, 0.1) is 6.54 Å². The summed E-state index contributed by atoms with van der Waals surface area (Å²) in [7, 11) is 0. The van der Waals surface area contributed by atoms with Crippen molar-refractivity contribution in [1.29, 1.82) is 0 Å². The first-order chi connectivity index (χ1) is 10.2. The molecule has 0 fully saturated rings. The Balaban J connectivity index is 1.63. The highest BCUT2D eigenvalue weighted by atomic mass is 16.5. The summed E-state index contributed by atoms with van der Waals surface area (Å²) in [6.45, 7) is 3.13. The Labute approximate surface area is 124 Å². The third kappa shape index (κ3) is 3.16. The van der Waals surface area contributed by atoms with Crippen molar-refractivity contribution in [3.63, 3.8) is 0 Å². The predicted octanol–water partition coefficient (Wildman–Crippen LogP) is 2.75. The number of hydrogen-bond donors (Lipinski definition) is 1. The summed E-state index contributed by atoms with van der Waals surface area (Å²) in [5.74, 6) is 0.821. The van der Waals surface area contributed by atoms with Gasteiger partial charge in [-0.2, -0.15) is 0 Å². The number of amidine groups is 1. The number of nitrogens with zero attached hydrogens (tertiary/aromatic N) is 1. The smallest absolute Gasteiger partial charge is 0.282 e. The van der Waals surface area contributed by atoms with Gasteiger partial charge in [0.25, 0.3) is 6.02 Å².